The van der Waals surface area contributed by atoms with E-state index in [0.29, 0.717) is 18.1 Å². The van der Waals surface area contributed by atoms with Gasteiger partial charge in [0, 0.05) is 24.7 Å². The summed E-state index contributed by atoms with van der Waals surface area (Å²) < 4.78 is 0. The molecular formula is C16H25NO. The van der Waals surface area contributed by atoms with Crippen LogP contribution in [0.4, 0.5) is 0 Å². The van der Waals surface area contributed by atoms with Gasteiger partial charge in [0.25, 0.3) is 0 Å². The Morgan fingerprint density at radius 3 is 2.56 bits per heavy atom. The molecule has 0 amide bonds. The predicted octanol–water partition coefficient (Wildman–Crippen LogP) is 4.29. The first-order chi connectivity index (χ1) is 8.63. The lowest BCUT2D eigenvalue weighted by Gasteiger charge is -2.05. The van der Waals surface area contributed by atoms with Gasteiger partial charge in [0.1, 0.15) is 5.78 Å². The van der Waals surface area contributed by atoms with Crippen LogP contribution in [-0.2, 0) is 11.2 Å². The van der Waals surface area contributed by atoms with Gasteiger partial charge in [-0.1, -0.05) is 33.3 Å². The Bertz CT molecular complexity index is 354. The maximum absolute atomic E-state index is 11.1. The molecule has 0 saturated carbocycles. The second-order valence-corrected chi connectivity index (χ2v) is 5.20. The Labute approximate surface area is 111 Å². The molecule has 0 bridgehead atoms. The molecule has 0 N–H and O–H groups in total. The van der Waals surface area contributed by atoms with E-state index < -0.39 is 0 Å². The molecule has 100 valence electrons. The number of hydrogen-bond acceptors (Lipinski definition) is 2. The zero-order chi connectivity index (χ0) is 13.4. The van der Waals surface area contributed by atoms with E-state index in [-0.39, 0.29) is 0 Å². The van der Waals surface area contributed by atoms with Crippen LogP contribution in [0.3, 0.4) is 0 Å². The van der Waals surface area contributed by atoms with E-state index in [1.807, 2.05) is 13.1 Å². The van der Waals surface area contributed by atoms with Crippen molar-refractivity contribution in [2.75, 3.05) is 0 Å². The Balaban J connectivity index is 2.21. The maximum Gasteiger partial charge on any atom is 0.132 e. The maximum atomic E-state index is 11.1. The molecular weight excluding hydrogens is 222 g/mol. The summed E-state index contributed by atoms with van der Waals surface area (Å²) in [6.07, 6.45) is 7.82. The summed E-state index contributed by atoms with van der Waals surface area (Å²) >= 11 is 0. The van der Waals surface area contributed by atoms with E-state index in [1.165, 1.54) is 5.56 Å². The predicted molar refractivity (Wildman–Crippen MR) is 75.8 cm³/mol. The van der Waals surface area contributed by atoms with E-state index in [1.54, 1.807) is 0 Å². The van der Waals surface area contributed by atoms with Gasteiger partial charge >= 0.3 is 0 Å². The molecule has 2 nitrogen and oxygen atoms in total. The van der Waals surface area contributed by atoms with Gasteiger partial charge in [-0.15, -0.1) is 0 Å². The fourth-order valence-electron chi connectivity index (χ4n) is 1.93. The number of ketones is 1. The lowest BCUT2D eigenvalue weighted by atomic mass is 10.0. The number of pyridine rings is 1. The molecule has 1 heterocycles. The van der Waals surface area contributed by atoms with E-state index >= 15 is 0 Å². The lowest BCUT2D eigenvalue weighted by Crippen LogP contribution is -1.96. The summed E-state index contributed by atoms with van der Waals surface area (Å²) in [5.41, 5.74) is 2.47. The average Bonchev–Trinajstić information content (AvgIpc) is 2.38. The largest absolute Gasteiger partial charge is 0.300 e. The SMILES string of the molecule is CCC(=O)CCCCCc1ccc(C(C)C)nc1. The Morgan fingerprint density at radius 2 is 2.00 bits per heavy atom. The van der Waals surface area contributed by atoms with Crippen molar-refractivity contribution in [3.8, 4) is 0 Å². The first kappa shape index (κ1) is 14.9. The van der Waals surface area contributed by atoms with Crippen LogP contribution >= 0.6 is 0 Å². The Morgan fingerprint density at radius 1 is 1.22 bits per heavy atom. The molecule has 0 fully saturated rings. The van der Waals surface area contributed by atoms with E-state index in [9.17, 15) is 4.79 Å². The summed E-state index contributed by atoms with van der Waals surface area (Å²) in [5.74, 6) is 0.886. The standard InChI is InChI=1S/C16H25NO/c1-4-15(18)9-7-5-6-8-14-10-11-16(13(2)3)17-12-14/h10-13H,4-9H2,1-3H3. The summed E-state index contributed by atoms with van der Waals surface area (Å²) in [5, 5.41) is 0. The van der Waals surface area contributed by atoms with Crippen LogP contribution in [0, 0.1) is 0 Å². The van der Waals surface area contributed by atoms with Gasteiger partial charge in [0.05, 0.1) is 0 Å². The van der Waals surface area contributed by atoms with Crippen LogP contribution in [0.15, 0.2) is 18.3 Å². The summed E-state index contributed by atoms with van der Waals surface area (Å²) in [4.78, 5) is 15.6. The van der Waals surface area contributed by atoms with Crippen molar-refractivity contribution in [3.63, 3.8) is 0 Å². The molecule has 18 heavy (non-hydrogen) atoms. The molecule has 0 aliphatic heterocycles. The summed E-state index contributed by atoms with van der Waals surface area (Å²) in [7, 11) is 0. The molecule has 1 rings (SSSR count). The van der Waals surface area contributed by atoms with E-state index in [2.05, 4.69) is 31.0 Å². The van der Waals surface area contributed by atoms with Crippen LogP contribution in [0.25, 0.3) is 0 Å². The monoisotopic (exact) mass is 247 g/mol. The molecule has 0 saturated heterocycles. The molecule has 0 atom stereocenters. The molecule has 0 spiro atoms. The van der Waals surface area contributed by atoms with Crippen molar-refractivity contribution in [1.29, 1.82) is 0 Å². The minimum absolute atomic E-state index is 0.387. The molecule has 1 aromatic heterocycles. The highest BCUT2D eigenvalue weighted by atomic mass is 16.1. The highest BCUT2D eigenvalue weighted by Gasteiger charge is 2.01. The number of hydrogen-bond donors (Lipinski definition) is 0. The lowest BCUT2D eigenvalue weighted by molar-refractivity contribution is -0.118. The number of aromatic nitrogens is 1. The van der Waals surface area contributed by atoms with Gasteiger partial charge in [-0.2, -0.15) is 0 Å². The zero-order valence-electron chi connectivity index (χ0n) is 11.9. The normalized spacial score (nSPS) is 10.9. The minimum atomic E-state index is 0.387. The smallest absolute Gasteiger partial charge is 0.132 e. The number of carbonyl (C=O) groups is 1. The third-order valence-corrected chi connectivity index (χ3v) is 3.25. The van der Waals surface area contributed by atoms with Gasteiger partial charge in [0.2, 0.25) is 0 Å². The van der Waals surface area contributed by atoms with Crippen LogP contribution in [0.1, 0.15) is 70.1 Å². The summed E-state index contributed by atoms with van der Waals surface area (Å²) in [6.45, 7) is 6.25. The van der Waals surface area contributed by atoms with E-state index in [4.69, 9.17) is 0 Å². The van der Waals surface area contributed by atoms with Crippen molar-refractivity contribution >= 4 is 5.78 Å². The topological polar surface area (TPSA) is 30.0 Å². The Kier molecular flexibility index (Phi) is 6.63. The molecule has 0 unspecified atom stereocenters. The number of nitrogens with zero attached hydrogens (tertiary/aromatic N) is 1. The van der Waals surface area contributed by atoms with Crippen molar-refractivity contribution < 1.29 is 4.79 Å². The van der Waals surface area contributed by atoms with Crippen molar-refractivity contribution in [2.24, 2.45) is 0 Å². The molecule has 0 radical (unpaired) electrons. The fraction of sp³-hybridized carbons (Fsp3) is 0.625. The van der Waals surface area contributed by atoms with Crippen LogP contribution in [0.5, 0.6) is 0 Å². The number of aryl methyl sites for hydroxylation is 1. The number of unbranched alkanes of at least 4 members (excludes halogenated alkanes) is 2. The van der Waals surface area contributed by atoms with Gasteiger partial charge in [0.15, 0.2) is 0 Å². The average molecular weight is 247 g/mol. The molecule has 1 aromatic rings. The Hall–Kier alpha value is -1.18. The van der Waals surface area contributed by atoms with Gasteiger partial charge in [-0.3, -0.25) is 9.78 Å². The van der Waals surface area contributed by atoms with Crippen molar-refractivity contribution in [2.45, 2.75) is 65.2 Å². The van der Waals surface area contributed by atoms with Gasteiger partial charge < -0.3 is 0 Å². The highest BCUT2D eigenvalue weighted by molar-refractivity contribution is 5.77. The van der Waals surface area contributed by atoms with Crippen LogP contribution in [-0.4, -0.2) is 10.8 Å². The number of rotatable bonds is 8. The molecule has 0 aliphatic rings. The quantitative estimate of drug-likeness (QED) is 0.641. The van der Waals surface area contributed by atoms with Crippen LogP contribution in [0.2, 0.25) is 0 Å². The first-order valence-electron chi connectivity index (χ1n) is 7.10. The second kappa shape index (κ2) is 8.02. The van der Waals surface area contributed by atoms with Crippen LogP contribution < -0.4 is 0 Å². The highest BCUT2D eigenvalue weighted by Crippen LogP contribution is 2.13. The summed E-state index contributed by atoms with van der Waals surface area (Å²) in [6, 6.07) is 4.31. The molecule has 2 heteroatoms. The third-order valence-electron chi connectivity index (χ3n) is 3.25. The minimum Gasteiger partial charge on any atom is -0.300 e. The van der Waals surface area contributed by atoms with Gasteiger partial charge in [-0.05, 0) is 36.8 Å². The second-order valence-electron chi connectivity index (χ2n) is 5.20. The van der Waals surface area contributed by atoms with E-state index in [0.717, 1.165) is 37.8 Å². The van der Waals surface area contributed by atoms with Crippen molar-refractivity contribution in [3.05, 3.63) is 29.6 Å². The van der Waals surface area contributed by atoms with Gasteiger partial charge in [-0.25, -0.2) is 0 Å². The number of carbonyl (C=O) groups excluding carboxylic acids is 1. The first-order valence-corrected chi connectivity index (χ1v) is 7.10. The molecule has 0 aromatic carbocycles. The zero-order valence-corrected chi connectivity index (χ0v) is 11.9. The van der Waals surface area contributed by atoms with Crippen molar-refractivity contribution in [1.82, 2.24) is 4.98 Å². The third kappa shape index (κ3) is 5.44. The fourth-order valence-corrected chi connectivity index (χ4v) is 1.93. The number of Topliss-reactive ketones (excluding diaryl/α,β-unsaturated/α-hetero) is 1. The molecule has 0 aliphatic carbocycles.